The van der Waals surface area contributed by atoms with E-state index in [0.717, 1.165) is 5.56 Å². The molecule has 0 heterocycles. The van der Waals surface area contributed by atoms with Gasteiger partial charge in [-0.05, 0) is 11.1 Å². The van der Waals surface area contributed by atoms with Crippen molar-refractivity contribution in [3.63, 3.8) is 0 Å². The third-order valence-corrected chi connectivity index (χ3v) is 5.62. The van der Waals surface area contributed by atoms with Crippen LogP contribution in [0.3, 0.4) is 0 Å². The van der Waals surface area contributed by atoms with Gasteiger partial charge in [0, 0.05) is 38.1 Å². The average Bonchev–Trinajstić information content (AvgIpc) is 3.03. The number of rotatable bonds is 9. The summed E-state index contributed by atoms with van der Waals surface area (Å²) in [6.45, 7) is 3.50. The molecular weight excluding hydrogens is 548 g/mol. The molecule has 4 N–H and O–H groups in total. The summed E-state index contributed by atoms with van der Waals surface area (Å²) >= 11 is 0. The van der Waals surface area contributed by atoms with E-state index in [4.69, 9.17) is 15.6 Å². The summed E-state index contributed by atoms with van der Waals surface area (Å²) < 4.78 is 9.79. The highest BCUT2D eigenvalue weighted by Gasteiger charge is 2.23. The van der Waals surface area contributed by atoms with Gasteiger partial charge in [-0.3, -0.25) is 14.4 Å². The van der Waals surface area contributed by atoms with Crippen LogP contribution in [0.4, 0.5) is 0 Å². The van der Waals surface area contributed by atoms with Gasteiger partial charge in [-0.25, -0.2) is 4.79 Å². The number of carbonyl (C=O) groups excluding carboxylic acids is 3. The van der Waals surface area contributed by atoms with Gasteiger partial charge in [0.05, 0.1) is 0 Å². The molecule has 0 bridgehead atoms. The standard InChI is InChI=1S/C17H17NO3.C10H10O4.C7H9N/c1-13(19)21-16(15-10-6-3-7-11-15)17(20)18-12-14-8-4-2-5-9-14;1-7(11)14-9(10(12)13)8-5-3-2-4-6-8;8-6-7-4-2-1-3-5-7/h2-11,16H,12H2,1H3,(H,18,20);2-6,9H,1H3,(H,12,13);1-5H,6,8H2/t16-;9-;/m00./s1. The fourth-order valence-electron chi connectivity index (χ4n) is 3.61. The van der Waals surface area contributed by atoms with Gasteiger partial charge in [0.1, 0.15) is 0 Å². The monoisotopic (exact) mass is 584 g/mol. The Morgan fingerprint density at radius 2 is 1.00 bits per heavy atom. The molecule has 224 valence electrons. The highest BCUT2D eigenvalue weighted by atomic mass is 16.6. The van der Waals surface area contributed by atoms with Crippen LogP contribution in [-0.2, 0) is 41.7 Å². The Labute approximate surface area is 251 Å². The zero-order valence-corrected chi connectivity index (χ0v) is 24.1. The molecule has 0 unspecified atom stereocenters. The second-order valence-electron chi connectivity index (χ2n) is 9.03. The molecule has 4 aromatic rings. The Balaban J connectivity index is 0.000000251. The lowest BCUT2D eigenvalue weighted by molar-refractivity contribution is -0.163. The molecule has 4 rings (SSSR count). The third kappa shape index (κ3) is 13.3. The lowest BCUT2D eigenvalue weighted by Crippen LogP contribution is -2.31. The van der Waals surface area contributed by atoms with Crippen LogP contribution in [-0.4, -0.2) is 28.9 Å². The van der Waals surface area contributed by atoms with Crippen molar-refractivity contribution in [2.45, 2.75) is 39.1 Å². The quantitative estimate of drug-likeness (QED) is 0.230. The van der Waals surface area contributed by atoms with Gasteiger partial charge in [-0.1, -0.05) is 121 Å². The molecule has 2 atom stereocenters. The van der Waals surface area contributed by atoms with E-state index >= 15 is 0 Å². The number of carboxylic acids is 1. The minimum atomic E-state index is -1.21. The number of carbonyl (C=O) groups is 4. The van der Waals surface area contributed by atoms with Crippen LogP contribution in [0.2, 0.25) is 0 Å². The smallest absolute Gasteiger partial charge is 0.349 e. The third-order valence-electron chi connectivity index (χ3n) is 5.62. The Hall–Kier alpha value is -5.28. The molecule has 0 aliphatic carbocycles. The van der Waals surface area contributed by atoms with Crippen molar-refractivity contribution in [1.29, 1.82) is 0 Å². The Kier molecular flexibility index (Phi) is 15.0. The number of esters is 2. The number of carboxylic acid groups (broad SMARTS) is 1. The summed E-state index contributed by atoms with van der Waals surface area (Å²) in [5, 5.41) is 11.6. The fraction of sp³-hybridized carbons (Fsp3) is 0.176. The zero-order valence-electron chi connectivity index (χ0n) is 24.1. The maximum atomic E-state index is 12.3. The summed E-state index contributed by atoms with van der Waals surface area (Å²) in [6, 6.07) is 36.9. The number of nitrogens with one attached hydrogen (secondary N) is 1. The number of ether oxygens (including phenoxy) is 2. The number of hydrogen-bond acceptors (Lipinski definition) is 7. The molecule has 0 aromatic heterocycles. The summed E-state index contributed by atoms with van der Waals surface area (Å²) in [4.78, 5) is 44.9. The zero-order chi connectivity index (χ0) is 31.5. The predicted octanol–water partition coefficient (Wildman–Crippen LogP) is 5.13. The molecule has 0 aliphatic heterocycles. The molecule has 43 heavy (non-hydrogen) atoms. The van der Waals surface area contributed by atoms with Crippen LogP contribution >= 0.6 is 0 Å². The summed E-state index contributed by atoms with van der Waals surface area (Å²) in [5.41, 5.74) is 8.63. The topological polar surface area (TPSA) is 145 Å². The van der Waals surface area contributed by atoms with E-state index < -0.39 is 30.1 Å². The molecule has 9 heteroatoms. The van der Waals surface area contributed by atoms with E-state index in [1.165, 1.54) is 19.4 Å². The molecule has 0 radical (unpaired) electrons. The summed E-state index contributed by atoms with van der Waals surface area (Å²) in [6.07, 6.45) is -2.14. The lowest BCUT2D eigenvalue weighted by Gasteiger charge is -2.17. The molecule has 1 amide bonds. The highest BCUT2D eigenvalue weighted by Crippen LogP contribution is 2.18. The van der Waals surface area contributed by atoms with E-state index in [2.05, 4.69) is 10.1 Å². The van der Waals surface area contributed by atoms with Gasteiger partial charge >= 0.3 is 17.9 Å². The first-order valence-corrected chi connectivity index (χ1v) is 13.4. The van der Waals surface area contributed by atoms with Gasteiger partial charge in [0.15, 0.2) is 0 Å². The second-order valence-corrected chi connectivity index (χ2v) is 9.03. The van der Waals surface area contributed by atoms with Gasteiger partial charge in [-0.2, -0.15) is 0 Å². The van der Waals surface area contributed by atoms with Crippen molar-refractivity contribution < 1.29 is 33.8 Å². The first kappa shape index (κ1) is 33.9. The summed E-state index contributed by atoms with van der Waals surface area (Å²) in [5.74, 6) is -2.60. The largest absolute Gasteiger partial charge is 0.478 e. The fourth-order valence-corrected chi connectivity index (χ4v) is 3.61. The van der Waals surface area contributed by atoms with Gasteiger partial charge in [-0.15, -0.1) is 0 Å². The SMILES string of the molecule is CC(=O)O[C@H](C(=O)NCc1ccccc1)c1ccccc1.CC(=O)O[C@H](C(=O)O)c1ccccc1.NCc1ccccc1. The lowest BCUT2D eigenvalue weighted by atomic mass is 10.1. The van der Waals surface area contributed by atoms with Gasteiger partial charge in [0.2, 0.25) is 12.2 Å². The van der Waals surface area contributed by atoms with E-state index in [9.17, 15) is 19.2 Å². The van der Waals surface area contributed by atoms with Crippen molar-refractivity contribution in [2.75, 3.05) is 0 Å². The van der Waals surface area contributed by atoms with Gasteiger partial charge in [0.25, 0.3) is 5.91 Å². The number of nitrogens with two attached hydrogens (primary N) is 1. The number of amides is 1. The average molecular weight is 585 g/mol. The van der Waals surface area contributed by atoms with Crippen molar-refractivity contribution in [3.8, 4) is 0 Å². The first-order valence-electron chi connectivity index (χ1n) is 13.4. The van der Waals surface area contributed by atoms with Crippen LogP contribution in [0.1, 0.15) is 48.3 Å². The van der Waals surface area contributed by atoms with Crippen molar-refractivity contribution >= 4 is 23.8 Å². The van der Waals surface area contributed by atoms with Crippen molar-refractivity contribution in [3.05, 3.63) is 144 Å². The molecule has 9 nitrogen and oxygen atoms in total. The van der Waals surface area contributed by atoms with Crippen LogP contribution < -0.4 is 11.1 Å². The normalized spacial score (nSPS) is 11.1. The highest BCUT2D eigenvalue weighted by molar-refractivity contribution is 5.84. The Morgan fingerprint density at radius 1 is 0.628 bits per heavy atom. The number of aliphatic carboxylic acids is 1. The summed E-state index contributed by atoms with van der Waals surface area (Å²) in [7, 11) is 0. The minimum absolute atomic E-state index is 0.333. The van der Waals surface area contributed by atoms with E-state index in [0.29, 0.717) is 24.2 Å². The second kappa shape index (κ2) is 19.0. The Morgan fingerprint density at radius 3 is 1.37 bits per heavy atom. The van der Waals surface area contributed by atoms with Crippen LogP contribution in [0, 0.1) is 0 Å². The van der Waals surface area contributed by atoms with Crippen molar-refractivity contribution in [2.24, 2.45) is 5.73 Å². The molecule has 0 fully saturated rings. The molecular formula is C34H36N2O7. The van der Waals surface area contributed by atoms with E-state index in [-0.39, 0.29) is 5.91 Å². The molecule has 0 saturated heterocycles. The minimum Gasteiger partial charge on any atom is -0.478 e. The molecule has 0 saturated carbocycles. The molecule has 4 aromatic carbocycles. The van der Waals surface area contributed by atoms with E-state index in [1.54, 1.807) is 54.6 Å². The molecule has 0 aliphatic rings. The number of hydrogen-bond donors (Lipinski definition) is 3. The van der Waals surface area contributed by atoms with Gasteiger partial charge < -0.3 is 25.6 Å². The van der Waals surface area contributed by atoms with Crippen LogP contribution in [0.5, 0.6) is 0 Å². The molecule has 0 spiro atoms. The maximum absolute atomic E-state index is 12.3. The van der Waals surface area contributed by atoms with Crippen LogP contribution in [0.15, 0.2) is 121 Å². The van der Waals surface area contributed by atoms with Crippen LogP contribution in [0.25, 0.3) is 0 Å². The number of benzene rings is 4. The predicted molar refractivity (Wildman–Crippen MR) is 162 cm³/mol. The first-order chi connectivity index (χ1) is 20.7. The Bertz CT molecular complexity index is 1400. The van der Waals surface area contributed by atoms with Crippen molar-refractivity contribution in [1.82, 2.24) is 5.32 Å². The maximum Gasteiger partial charge on any atom is 0.349 e. The van der Waals surface area contributed by atoms with E-state index in [1.807, 2.05) is 66.7 Å².